The first kappa shape index (κ1) is 17.2. The first-order chi connectivity index (χ1) is 12.0. The third-order valence-corrected chi connectivity index (χ3v) is 4.08. The number of hydrogen-bond acceptors (Lipinski definition) is 3. The topological polar surface area (TPSA) is 36.3 Å². The highest BCUT2D eigenvalue weighted by Gasteiger charge is 2.23. The highest BCUT2D eigenvalue weighted by atomic mass is 35.5. The van der Waals surface area contributed by atoms with E-state index in [9.17, 15) is 8.78 Å². The molecule has 0 aliphatic carbocycles. The van der Waals surface area contributed by atoms with Gasteiger partial charge in [0.2, 0.25) is 0 Å². The normalized spacial score (nSPS) is 10.8. The fourth-order valence-corrected chi connectivity index (χ4v) is 2.96. The molecule has 0 saturated heterocycles. The third-order valence-electron chi connectivity index (χ3n) is 3.82. The molecule has 0 N–H and O–H groups in total. The Morgan fingerprint density at radius 3 is 2.04 bits per heavy atom. The van der Waals surface area contributed by atoms with E-state index >= 15 is 0 Å². The van der Waals surface area contributed by atoms with E-state index in [2.05, 4.69) is 4.98 Å². The van der Waals surface area contributed by atoms with Crippen LogP contribution in [-0.2, 0) is 0 Å². The third kappa shape index (κ3) is 3.05. The quantitative estimate of drug-likeness (QED) is 0.667. The van der Waals surface area contributed by atoms with Gasteiger partial charge in [0.1, 0.15) is 29.0 Å². The lowest BCUT2D eigenvalue weighted by Crippen LogP contribution is -2.03. The molecule has 0 saturated carbocycles. The van der Waals surface area contributed by atoms with Crippen molar-refractivity contribution < 1.29 is 18.3 Å². The van der Waals surface area contributed by atoms with Crippen LogP contribution in [-0.4, -0.2) is 23.8 Å². The molecule has 0 radical (unpaired) electrons. The Hall–Kier alpha value is -2.60. The summed E-state index contributed by atoms with van der Waals surface area (Å²) in [4.78, 5) is 4.16. The number of aryl methyl sites for hydroxylation is 1. The van der Waals surface area contributed by atoms with Crippen molar-refractivity contribution >= 4 is 11.6 Å². The second kappa shape index (κ2) is 6.72. The van der Waals surface area contributed by atoms with E-state index in [1.54, 1.807) is 42.9 Å². The molecule has 3 rings (SSSR count). The average Bonchev–Trinajstić information content (AvgIpc) is 2.88. The molecule has 0 unspecified atom stereocenters. The summed E-state index contributed by atoms with van der Waals surface area (Å²) in [6, 6.07) is 9.21. The number of imidazole rings is 1. The van der Waals surface area contributed by atoms with Crippen molar-refractivity contribution in [3.05, 3.63) is 59.0 Å². The van der Waals surface area contributed by atoms with Gasteiger partial charge in [0.15, 0.2) is 5.15 Å². The number of ether oxygens (including phenoxy) is 2. The maximum absolute atomic E-state index is 14.5. The highest BCUT2D eigenvalue weighted by molar-refractivity contribution is 6.32. The molecule has 0 amide bonds. The predicted octanol–water partition coefficient (Wildman–Crippen LogP) is 4.80. The van der Waals surface area contributed by atoms with E-state index in [1.165, 1.54) is 7.11 Å². The van der Waals surface area contributed by atoms with Gasteiger partial charge >= 0.3 is 0 Å². The first-order valence-electron chi connectivity index (χ1n) is 7.39. The van der Waals surface area contributed by atoms with Crippen LogP contribution in [0.1, 0.15) is 5.82 Å². The number of hydrogen-bond donors (Lipinski definition) is 0. The van der Waals surface area contributed by atoms with Crippen LogP contribution < -0.4 is 9.47 Å². The number of halogens is 3. The largest absolute Gasteiger partial charge is 0.497 e. The van der Waals surface area contributed by atoms with E-state index in [4.69, 9.17) is 21.1 Å². The van der Waals surface area contributed by atoms with Gasteiger partial charge in [0.25, 0.3) is 0 Å². The van der Waals surface area contributed by atoms with Crippen molar-refractivity contribution in [2.75, 3.05) is 14.2 Å². The molecule has 4 nitrogen and oxygen atoms in total. The molecule has 0 aliphatic heterocycles. The second-order valence-electron chi connectivity index (χ2n) is 5.30. The molecule has 1 aromatic heterocycles. The number of nitrogens with zero attached hydrogens (tertiary/aromatic N) is 2. The molecule has 25 heavy (non-hydrogen) atoms. The zero-order valence-electron chi connectivity index (χ0n) is 13.8. The molecular formula is C18H15ClF2N2O2. The van der Waals surface area contributed by atoms with E-state index in [0.29, 0.717) is 17.3 Å². The number of aromatic nitrogens is 2. The second-order valence-corrected chi connectivity index (χ2v) is 5.66. The molecule has 0 bridgehead atoms. The maximum Gasteiger partial charge on any atom is 0.155 e. The average molecular weight is 365 g/mol. The maximum atomic E-state index is 14.5. The van der Waals surface area contributed by atoms with Crippen molar-refractivity contribution in [2.45, 2.75) is 6.92 Å². The Balaban J connectivity index is 2.24. The summed E-state index contributed by atoms with van der Waals surface area (Å²) >= 11 is 6.19. The van der Waals surface area contributed by atoms with Gasteiger partial charge in [-0.1, -0.05) is 11.6 Å². The predicted molar refractivity (Wildman–Crippen MR) is 91.8 cm³/mol. The number of methoxy groups -OCH3 is 2. The lowest BCUT2D eigenvalue weighted by molar-refractivity contribution is 0.407. The van der Waals surface area contributed by atoms with E-state index in [0.717, 1.165) is 12.1 Å². The Labute approximate surface area is 148 Å². The zero-order chi connectivity index (χ0) is 18.1. The molecule has 2 aromatic carbocycles. The van der Waals surface area contributed by atoms with Crippen molar-refractivity contribution in [1.29, 1.82) is 0 Å². The Bertz CT molecular complexity index is 901. The van der Waals surface area contributed by atoms with E-state index in [1.807, 2.05) is 0 Å². The molecule has 0 atom stereocenters. The van der Waals surface area contributed by atoms with E-state index in [-0.39, 0.29) is 22.2 Å². The lowest BCUT2D eigenvalue weighted by atomic mass is 10.1. The molecule has 3 aromatic rings. The van der Waals surface area contributed by atoms with Crippen molar-refractivity contribution in [3.63, 3.8) is 0 Å². The summed E-state index contributed by atoms with van der Waals surface area (Å²) in [5.74, 6) is -0.320. The fourth-order valence-electron chi connectivity index (χ4n) is 2.66. The smallest absolute Gasteiger partial charge is 0.155 e. The van der Waals surface area contributed by atoms with Crippen LogP contribution in [0.4, 0.5) is 8.78 Å². The monoisotopic (exact) mass is 364 g/mol. The summed E-state index contributed by atoms with van der Waals surface area (Å²) in [7, 11) is 2.90. The van der Waals surface area contributed by atoms with Crippen LogP contribution in [0.3, 0.4) is 0 Å². The van der Waals surface area contributed by atoms with Crippen LogP contribution in [0.5, 0.6) is 11.5 Å². The SMILES string of the molecule is COc1ccc(-n2c(C)nc(Cl)c2-c2c(F)cc(OC)cc2F)cc1. The van der Waals surface area contributed by atoms with Crippen molar-refractivity contribution in [1.82, 2.24) is 9.55 Å². The van der Waals surface area contributed by atoms with Crippen molar-refractivity contribution in [2.24, 2.45) is 0 Å². The molecule has 0 spiro atoms. The minimum absolute atomic E-state index is 0.0104. The lowest BCUT2D eigenvalue weighted by Gasteiger charge is -2.13. The molecule has 0 fully saturated rings. The molecule has 1 heterocycles. The first-order valence-corrected chi connectivity index (χ1v) is 7.76. The Morgan fingerprint density at radius 1 is 0.960 bits per heavy atom. The zero-order valence-corrected chi connectivity index (χ0v) is 14.6. The summed E-state index contributed by atoms with van der Waals surface area (Å²) in [6.45, 7) is 1.71. The summed E-state index contributed by atoms with van der Waals surface area (Å²) in [5, 5.41) is 0.0104. The fraction of sp³-hybridized carbons (Fsp3) is 0.167. The van der Waals surface area contributed by atoms with Gasteiger partial charge in [-0.25, -0.2) is 13.8 Å². The van der Waals surface area contributed by atoms with Gasteiger partial charge in [0, 0.05) is 17.8 Å². The van der Waals surface area contributed by atoms with Gasteiger partial charge < -0.3 is 9.47 Å². The van der Waals surface area contributed by atoms with Gasteiger partial charge in [-0.3, -0.25) is 4.57 Å². The van der Waals surface area contributed by atoms with Crippen LogP contribution in [0.2, 0.25) is 5.15 Å². The summed E-state index contributed by atoms with van der Waals surface area (Å²) in [5.41, 5.74) is 0.534. The molecule has 0 aliphatic rings. The standard InChI is InChI=1S/C18H15ClF2N2O2/c1-10-22-18(19)17(16-14(20)8-13(25-3)9-15(16)21)23(10)11-4-6-12(24-2)7-5-11/h4-9H,1-3H3. The summed E-state index contributed by atoms with van der Waals surface area (Å²) < 4.78 is 40.7. The van der Waals surface area contributed by atoms with Gasteiger partial charge in [-0.2, -0.15) is 0 Å². The molecule has 7 heteroatoms. The highest BCUT2D eigenvalue weighted by Crippen LogP contribution is 2.36. The van der Waals surface area contributed by atoms with Crippen LogP contribution in [0.25, 0.3) is 16.9 Å². The van der Waals surface area contributed by atoms with Crippen LogP contribution in [0, 0.1) is 18.6 Å². The van der Waals surface area contributed by atoms with Gasteiger partial charge in [0.05, 0.1) is 25.5 Å². The summed E-state index contributed by atoms with van der Waals surface area (Å²) in [6.07, 6.45) is 0. The minimum atomic E-state index is -0.784. The Kier molecular flexibility index (Phi) is 4.63. The van der Waals surface area contributed by atoms with E-state index < -0.39 is 11.6 Å². The van der Waals surface area contributed by atoms with Crippen LogP contribution in [0.15, 0.2) is 36.4 Å². The Morgan fingerprint density at radius 2 is 1.52 bits per heavy atom. The van der Waals surface area contributed by atoms with Crippen LogP contribution >= 0.6 is 11.6 Å². The number of rotatable bonds is 4. The molecular weight excluding hydrogens is 350 g/mol. The van der Waals surface area contributed by atoms with Gasteiger partial charge in [-0.15, -0.1) is 0 Å². The van der Waals surface area contributed by atoms with Gasteiger partial charge in [-0.05, 0) is 31.2 Å². The molecule has 130 valence electrons. The minimum Gasteiger partial charge on any atom is -0.497 e. The van der Waals surface area contributed by atoms with Crippen molar-refractivity contribution in [3.8, 4) is 28.4 Å². The number of benzene rings is 2.